The van der Waals surface area contributed by atoms with E-state index in [-0.39, 0.29) is 11.9 Å². The van der Waals surface area contributed by atoms with Gasteiger partial charge in [-0.1, -0.05) is 30.3 Å². The molecule has 3 N–H and O–H groups in total. The molecule has 0 bridgehead atoms. The summed E-state index contributed by atoms with van der Waals surface area (Å²) in [7, 11) is 0. The number of fused-ring (bicyclic) bond motifs is 1. The van der Waals surface area contributed by atoms with Crippen LogP contribution in [0.2, 0.25) is 0 Å². The SMILES string of the molecule is O=C(Nc1ncn(Cc2ccccc2)n1)c1n[nH]c2c1CCNC2. The number of carbonyl (C=O) groups is 1. The van der Waals surface area contributed by atoms with Gasteiger partial charge in [-0.3, -0.25) is 15.2 Å². The van der Waals surface area contributed by atoms with Crippen molar-refractivity contribution in [1.82, 2.24) is 30.3 Å². The third-order valence-corrected chi connectivity index (χ3v) is 3.97. The number of amides is 1. The quantitative estimate of drug-likeness (QED) is 0.663. The molecular weight excluding hydrogens is 306 g/mol. The van der Waals surface area contributed by atoms with Crippen LogP contribution in [0.3, 0.4) is 0 Å². The molecule has 0 aliphatic carbocycles. The van der Waals surface area contributed by atoms with Crippen molar-refractivity contribution in [2.75, 3.05) is 11.9 Å². The Bertz CT molecular complexity index is 852. The van der Waals surface area contributed by atoms with E-state index in [0.717, 1.165) is 29.8 Å². The molecule has 2 aromatic heterocycles. The zero-order chi connectivity index (χ0) is 16.4. The lowest BCUT2D eigenvalue weighted by molar-refractivity contribution is 0.102. The standard InChI is InChI=1S/C16H17N7O/c24-15(14-12-6-7-17-8-13(12)20-21-14)19-16-18-10-23(22-16)9-11-4-2-1-3-5-11/h1-5,10,17H,6-9H2,(H,20,21)(H,19,22,24). The largest absolute Gasteiger partial charge is 0.311 e. The second-order valence-corrected chi connectivity index (χ2v) is 5.66. The van der Waals surface area contributed by atoms with Crippen LogP contribution in [0.5, 0.6) is 0 Å². The smallest absolute Gasteiger partial charge is 0.278 e. The predicted octanol–water partition coefficient (Wildman–Crippen LogP) is 0.947. The Morgan fingerprint density at radius 2 is 2.17 bits per heavy atom. The number of rotatable bonds is 4. The summed E-state index contributed by atoms with van der Waals surface area (Å²) >= 11 is 0. The summed E-state index contributed by atoms with van der Waals surface area (Å²) in [6.45, 7) is 2.16. The van der Waals surface area contributed by atoms with Crippen LogP contribution in [0.4, 0.5) is 5.95 Å². The molecular formula is C16H17N7O. The third-order valence-electron chi connectivity index (χ3n) is 3.97. The van der Waals surface area contributed by atoms with E-state index in [1.165, 1.54) is 0 Å². The van der Waals surface area contributed by atoms with E-state index >= 15 is 0 Å². The molecule has 0 unspecified atom stereocenters. The number of hydrogen-bond donors (Lipinski definition) is 3. The molecule has 8 nitrogen and oxygen atoms in total. The summed E-state index contributed by atoms with van der Waals surface area (Å²) < 4.78 is 1.69. The van der Waals surface area contributed by atoms with Gasteiger partial charge in [-0.15, -0.1) is 5.10 Å². The Morgan fingerprint density at radius 1 is 1.29 bits per heavy atom. The van der Waals surface area contributed by atoms with Gasteiger partial charge in [0.25, 0.3) is 5.91 Å². The summed E-state index contributed by atoms with van der Waals surface area (Å²) in [4.78, 5) is 16.6. The monoisotopic (exact) mass is 323 g/mol. The van der Waals surface area contributed by atoms with Gasteiger partial charge >= 0.3 is 0 Å². The van der Waals surface area contributed by atoms with E-state index in [1.807, 2.05) is 30.3 Å². The highest BCUT2D eigenvalue weighted by molar-refractivity contribution is 6.03. The molecule has 0 saturated carbocycles. The van der Waals surface area contributed by atoms with E-state index in [2.05, 4.69) is 30.9 Å². The van der Waals surface area contributed by atoms with Crippen LogP contribution >= 0.6 is 0 Å². The molecule has 0 radical (unpaired) electrons. The molecule has 0 spiro atoms. The average molecular weight is 323 g/mol. The topological polar surface area (TPSA) is 101 Å². The number of H-pyrrole nitrogens is 1. The Hall–Kier alpha value is -3.00. The van der Waals surface area contributed by atoms with Gasteiger partial charge in [0.2, 0.25) is 5.95 Å². The maximum atomic E-state index is 12.4. The van der Waals surface area contributed by atoms with E-state index < -0.39 is 0 Å². The maximum Gasteiger partial charge on any atom is 0.278 e. The summed E-state index contributed by atoms with van der Waals surface area (Å²) in [5.41, 5.74) is 3.48. The van der Waals surface area contributed by atoms with Crippen molar-refractivity contribution in [2.45, 2.75) is 19.5 Å². The van der Waals surface area contributed by atoms with Crippen molar-refractivity contribution in [2.24, 2.45) is 0 Å². The third kappa shape index (κ3) is 2.91. The number of aromatic nitrogens is 5. The lowest BCUT2D eigenvalue weighted by atomic mass is 10.1. The molecule has 1 amide bonds. The fraction of sp³-hybridized carbons (Fsp3) is 0.250. The number of aromatic amines is 1. The molecule has 1 aliphatic heterocycles. The number of anilines is 1. The molecule has 8 heteroatoms. The molecule has 0 saturated heterocycles. The Labute approximate surface area is 138 Å². The van der Waals surface area contributed by atoms with Crippen LogP contribution in [-0.2, 0) is 19.5 Å². The Balaban J connectivity index is 1.46. The number of carbonyl (C=O) groups excluding carboxylic acids is 1. The highest BCUT2D eigenvalue weighted by Gasteiger charge is 2.22. The molecule has 4 rings (SSSR count). The van der Waals surface area contributed by atoms with Crippen LogP contribution in [0.1, 0.15) is 27.3 Å². The van der Waals surface area contributed by atoms with Gasteiger partial charge in [0.15, 0.2) is 5.69 Å². The van der Waals surface area contributed by atoms with Crippen LogP contribution in [0.25, 0.3) is 0 Å². The minimum Gasteiger partial charge on any atom is -0.311 e. The average Bonchev–Trinajstić information content (AvgIpc) is 3.22. The summed E-state index contributed by atoms with van der Waals surface area (Å²) in [5.74, 6) is -0.00604. The van der Waals surface area contributed by atoms with E-state index in [9.17, 15) is 4.79 Å². The fourth-order valence-electron chi connectivity index (χ4n) is 2.79. The summed E-state index contributed by atoms with van der Waals surface area (Å²) in [6.07, 6.45) is 2.39. The summed E-state index contributed by atoms with van der Waals surface area (Å²) in [5, 5.41) is 17.3. The molecule has 0 atom stereocenters. The minimum absolute atomic E-state index is 0.279. The zero-order valence-corrected chi connectivity index (χ0v) is 13.0. The number of hydrogen-bond acceptors (Lipinski definition) is 5. The van der Waals surface area contributed by atoms with E-state index in [1.54, 1.807) is 11.0 Å². The second-order valence-electron chi connectivity index (χ2n) is 5.66. The van der Waals surface area contributed by atoms with E-state index in [0.29, 0.717) is 18.8 Å². The van der Waals surface area contributed by atoms with Crippen LogP contribution in [0.15, 0.2) is 36.7 Å². The Kier molecular flexibility index (Phi) is 3.80. The second kappa shape index (κ2) is 6.25. The predicted molar refractivity (Wildman–Crippen MR) is 87.5 cm³/mol. The van der Waals surface area contributed by atoms with Crippen LogP contribution < -0.4 is 10.6 Å². The van der Waals surface area contributed by atoms with Gasteiger partial charge in [0, 0.05) is 12.1 Å². The summed E-state index contributed by atoms with van der Waals surface area (Å²) in [6, 6.07) is 9.96. The van der Waals surface area contributed by atoms with Crippen LogP contribution in [0, 0.1) is 0 Å². The molecule has 1 aliphatic rings. The first-order valence-electron chi connectivity index (χ1n) is 7.81. The highest BCUT2D eigenvalue weighted by atomic mass is 16.2. The number of benzene rings is 1. The Morgan fingerprint density at radius 3 is 3.04 bits per heavy atom. The lowest BCUT2D eigenvalue weighted by Gasteiger charge is -2.12. The van der Waals surface area contributed by atoms with Crippen molar-refractivity contribution in [1.29, 1.82) is 0 Å². The van der Waals surface area contributed by atoms with Crippen molar-refractivity contribution >= 4 is 11.9 Å². The first-order chi connectivity index (χ1) is 11.8. The fourth-order valence-corrected chi connectivity index (χ4v) is 2.79. The van der Waals surface area contributed by atoms with Crippen molar-refractivity contribution in [3.8, 4) is 0 Å². The van der Waals surface area contributed by atoms with Crippen molar-refractivity contribution < 1.29 is 4.79 Å². The molecule has 3 aromatic rings. The first-order valence-corrected chi connectivity index (χ1v) is 7.81. The van der Waals surface area contributed by atoms with Gasteiger partial charge in [0.05, 0.1) is 12.2 Å². The first kappa shape index (κ1) is 14.6. The normalized spacial score (nSPS) is 13.5. The molecule has 0 fully saturated rings. The minimum atomic E-state index is -0.285. The maximum absolute atomic E-state index is 12.4. The lowest BCUT2D eigenvalue weighted by Crippen LogP contribution is -2.25. The van der Waals surface area contributed by atoms with Crippen molar-refractivity contribution in [3.05, 3.63) is 59.2 Å². The molecule has 3 heterocycles. The molecule has 122 valence electrons. The van der Waals surface area contributed by atoms with Gasteiger partial charge in [-0.25, -0.2) is 9.67 Å². The highest BCUT2D eigenvalue weighted by Crippen LogP contribution is 2.16. The molecule has 1 aromatic carbocycles. The van der Waals surface area contributed by atoms with Crippen LogP contribution in [-0.4, -0.2) is 37.4 Å². The van der Waals surface area contributed by atoms with Crippen molar-refractivity contribution in [3.63, 3.8) is 0 Å². The van der Waals surface area contributed by atoms with E-state index in [4.69, 9.17) is 0 Å². The zero-order valence-electron chi connectivity index (χ0n) is 13.0. The van der Waals surface area contributed by atoms with Gasteiger partial charge in [0.1, 0.15) is 6.33 Å². The van der Waals surface area contributed by atoms with Gasteiger partial charge in [-0.05, 0) is 18.5 Å². The van der Waals surface area contributed by atoms with Gasteiger partial charge < -0.3 is 5.32 Å². The molecule has 24 heavy (non-hydrogen) atoms. The number of nitrogens with zero attached hydrogens (tertiary/aromatic N) is 4. The number of nitrogens with one attached hydrogen (secondary N) is 3. The van der Waals surface area contributed by atoms with Gasteiger partial charge in [-0.2, -0.15) is 5.10 Å².